The number of allylic oxidation sites excluding steroid dienone is 1. The van der Waals surface area contributed by atoms with Crippen molar-refractivity contribution in [2.24, 2.45) is 0 Å². The van der Waals surface area contributed by atoms with Crippen LogP contribution < -0.4 is 0 Å². The first kappa shape index (κ1) is 15.2. The summed E-state index contributed by atoms with van der Waals surface area (Å²) in [6.07, 6.45) is 2.70. The van der Waals surface area contributed by atoms with Crippen molar-refractivity contribution in [1.82, 2.24) is 0 Å². The van der Waals surface area contributed by atoms with Gasteiger partial charge >= 0.3 is 0 Å². The lowest BCUT2D eigenvalue weighted by atomic mass is 9.98. The molecule has 0 nitrogen and oxygen atoms in total. The first-order valence-corrected chi connectivity index (χ1v) is 7.74. The Bertz CT molecular complexity index is 812. The Kier molecular flexibility index (Phi) is 4.38. The average Bonchev–Trinajstić information content (AvgIpc) is 2.57. The van der Waals surface area contributed by atoms with Crippen LogP contribution in [0, 0.1) is 12.7 Å². The van der Waals surface area contributed by atoms with E-state index >= 15 is 0 Å². The van der Waals surface area contributed by atoms with Crippen LogP contribution in [0.4, 0.5) is 4.39 Å². The predicted octanol–water partition coefficient (Wildman–Crippen LogP) is 6.20. The van der Waals surface area contributed by atoms with E-state index in [1.807, 2.05) is 73.7 Å². The molecular formula is C22H19F. The van der Waals surface area contributed by atoms with Gasteiger partial charge in [-0.1, -0.05) is 72.3 Å². The maximum Gasteiger partial charge on any atom is 0.131 e. The van der Waals surface area contributed by atoms with Gasteiger partial charge in [0.25, 0.3) is 0 Å². The molecule has 0 aromatic heterocycles. The monoisotopic (exact) mass is 302 g/mol. The van der Waals surface area contributed by atoms with E-state index < -0.39 is 0 Å². The van der Waals surface area contributed by atoms with Crippen molar-refractivity contribution in [2.45, 2.75) is 13.3 Å². The molecule has 0 fully saturated rings. The molecule has 0 saturated carbocycles. The van der Waals surface area contributed by atoms with E-state index in [1.54, 1.807) is 6.07 Å². The second-order valence-electron chi connectivity index (χ2n) is 5.75. The Hall–Kier alpha value is -2.67. The molecule has 0 aliphatic carbocycles. The van der Waals surface area contributed by atoms with Gasteiger partial charge in [0.05, 0.1) is 0 Å². The summed E-state index contributed by atoms with van der Waals surface area (Å²) in [7, 11) is 0. The van der Waals surface area contributed by atoms with Crippen molar-refractivity contribution in [3.05, 3.63) is 96.3 Å². The Balaban J connectivity index is 1.92. The van der Waals surface area contributed by atoms with E-state index in [0.717, 1.165) is 23.1 Å². The quantitative estimate of drug-likeness (QED) is 0.504. The molecule has 0 amide bonds. The third-order valence-electron chi connectivity index (χ3n) is 4.00. The molecule has 0 spiro atoms. The van der Waals surface area contributed by atoms with Crippen molar-refractivity contribution in [2.75, 3.05) is 0 Å². The summed E-state index contributed by atoms with van der Waals surface area (Å²) in [5.74, 6) is -0.195. The highest BCUT2D eigenvalue weighted by Crippen LogP contribution is 2.28. The average molecular weight is 302 g/mol. The van der Waals surface area contributed by atoms with Crippen molar-refractivity contribution in [3.63, 3.8) is 0 Å². The Labute approximate surface area is 136 Å². The molecule has 0 unspecified atom stereocenters. The van der Waals surface area contributed by atoms with Crippen LogP contribution in [-0.4, -0.2) is 0 Å². The zero-order chi connectivity index (χ0) is 16.2. The number of hydrogen-bond donors (Lipinski definition) is 0. The zero-order valence-corrected chi connectivity index (χ0v) is 13.2. The van der Waals surface area contributed by atoms with Crippen LogP contribution in [0.25, 0.3) is 22.3 Å². The fraction of sp³-hybridized carbons (Fsp3) is 0.0909. The smallest absolute Gasteiger partial charge is 0.131 e. The van der Waals surface area contributed by atoms with E-state index in [2.05, 4.69) is 6.58 Å². The summed E-state index contributed by atoms with van der Waals surface area (Å²) < 4.78 is 14.5. The first-order valence-electron chi connectivity index (χ1n) is 7.74. The van der Waals surface area contributed by atoms with E-state index in [4.69, 9.17) is 0 Å². The van der Waals surface area contributed by atoms with Gasteiger partial charge in [0.2, 0.25) is 0 Å². The summed E-state index contributed by atoms with van der Waals surface area (Å²) in [5.41, 5.74) is 5.83. The first-order chi connectivity index (χ1) is 11.2. The standard InChI is InChI=1S/C22H19F/c1-3-4-17-7-11-19(12-8-17)21-14-13-20(15-22(21)23)18-9-5-16(2)6-10-18/h3,5-15H,1,4H2,2H3. The van der Waals surface area contributed by atoms with Crippen LogP contribution in [0.3, 0.4) is 0 Å². The molecule has 0 N–H and O–H groups in total. The highest BCUT2D eigenvalue weighted by atomic mass is 19.1. The fourth-order valence-corrected chi connectivity index (χ4v) is 2.66. The van der Waals surface area contributed by atoms with Crippen molar-refractivity contribution >= 4 is 0 Å². The molecule has 0 saturated heterocycles. The molecule has 23 heavy (non-hydrogen) atoms. The van der Waals surface area contributed by atoms with Gasteiger partial charge in [-0.2, -0.15) is 0 Å². The maximum atomic E-state index is 14.5. The zero-order valence-electron chi connectivity index (χ0n) is 13.2. The minimum atomic E-state index is -0.195. The van der Waals surface area contributed by atoms with Crippen molar-refractivity contribution < 1.29 is 4.39 Å². The second-order valence-corrected chi connectivity index (χ2v) is 5.75. The van der Waals surface area contributed by atoms with Gasteiger partial charge in [0.15, 0.2) is 0 Å². The molecule has 3 aromatic carbocycles. The lowest BCUT2D eigenvalue weighted by molar-refractivity contribution is 0.632. The lowest BCUT2D eigenvalue weighted by Gasteiger charge is -2.08. The van der Waals surface area contributed by atoms with E-state index in [1.165, 1.54) is 11.1 Å². The molecule has 0 aliphatic heterocycles. The maximum absolute atomic E-state index is 14.5. The summed E-state index contributed by atoms with van der Waals surface area (Å²) in [6, 6.07) is 21.5. The number of rotatable bonds is 4. The Morgan fingerprint density at radius 2 is 1.43 bits per heavy atom. The summed E-state index contributed by atoms with van der Waals surface area (Å²) >= 11 is 0. The van der Waals surface area contributed by atoms with Crippen LogP contribution in [0.5, 0.6) is 0 Å². The second kappa shape index (κ2) is 6.62. The molecule has 114 valence electrons. The SMILES string of the molecule is C=CCc1ccc(-c2ccc(-c3ccc(C)cc3)cc2F)cc1. The van der Waals surface area contributed by atoms with Crippen LogP contribution in [0.2, 0.25) is 0 Å². The fourth-order valence-electron chi connectivity index (χ4n) is 2.66. The summed E-state index contributed by atoms with van der Waals surface area (Å²) in [6.45, 7) is 5.78. The van der Waals surface area contributed by atoms with Gasteiger partial charge in [-0.25, -0.2) is 4.39 Å². The van der Waals surface area contributed by atoms with E-state index in [-0.39, 0.29) is 5.82 Å². The largest absolute Gasteiger partial charge is 0.206 e. The molecule has 0 aliphatic rings. The van der Waals surface area contributed by atoms with E-state index in [0.29, 0.717) is 5.56 Å². The molecule has 0 heterocycles. The number of hydrogen-bond acceptors (Lipinski definition) is 0. The molecular weight excluding hydrogens is 283 g/mol. The van der Waals surface area contributed by atoms with Gasteiger partial charge in [-0.05, 0) is 41.7 Å². The van der Waals surface area contributed by atoms with Gasteiger partial charge in [0.1, 0.15) is 5.82 Å². The Morgan fingerprint density at radius 3 is 2.04 bits per heavy atom. The van der Waals surface area contributed by atoms with Crippen LogP contribution in [-0.2, 0) is 6.42 Å². The summed E-state index contributed by atoms with van der Waals surface area (Å²) in [5, 5.41) is 0. The number of halogens is 1. The highest BCUT2D eigenvalue weighted by molar-refractivity contribution is 5.71. The molecule has 0 bridgehead atoms. The molecule has 1 heteroatoms. The third kappa shape index (κ3) is 3.40. The van der Waals surface area contributed by atoms with Crippen molar-refractivity contribution in [3.8, 4) is 22.3 Å². The van der Waals surface area contributed by atoms with Crippen LogP contribution in [0.15, 0.2) is 79.4 Å². The van der Waals surface area contributed by atoms with Crippen LogP contribution >= 0.6 is 0 Å². The lowest BCUT2D eigenvalue weighted by Crippen LogP contribution is -1.88. The number of aryl methyl sites for hydroxylation is 1. The third-order valence-corrected chi connectivity index (χ3v) is 4.00. The minimum absolute atomic E-state index is 0.195. The molecule has 0 radical (unpaired) electrons. The minimum Gasteiger partial charge on any atom is -0.206 e. The van der Waals surface area contributed by atoms with E-state index in [9.17, 15) is 4.39 Å². The van der Waals surface area contributed by atoms with Gasteiger partial charge < -0.3 is 0 Å². The molecule has 3 aromatic rings. The Morgan fingerprint density at radius 1 is 0.826 bits per heavy atom. The normalized spacial score (nSPS) is 10.5. The molecule has 0 atom stereocenters. The highest BCUT2D eigenvalue weighted by Gasteiger charge is 2.07. The van der Waals surface area contributed by atoms with Crippen molar-refractivity contribution in [1.29, 1.82) is 0 Å². The molecule has 3 rings (SSSR count). The predicted molar refractivity (Wildman–Crippen MR) is 95.9 cm³/mol. The van der Waals surface area contributed by atoms with Gasteiger partial charge in [-0.15, -0.1) is 6.58 Å². The van der Waals surface area contributed by atoms with Gasteiger partial charge in [0, 0.05) is 5.56 Å². The van der Waals surface area contributed by atoms with Crippen LogP contribution in [0.1, 0.15) is 11.1 Å². The van der Waals surface area contributed by atoms with Gasteiger partial charge in [-0.3, -0.25) is 0 Å². The number of benzene rings is 3. The summed E-state index contributed by atoms with van der Waals surface area (Å²) in [4.78, 5) is 0. The topological polar surface area (TPSA) is 0 Å².